The number of anilines is 3. The van der Waals surface area contributed by atoms with Crippen LogP contribution in [-0.2, 0) is 13.0 Å². The molecule has 0 saturated heterocycles. The van der Waals surface area contributed by atoms with Crippen molar-refractivity contribution in [1.82, 2.24) is 20.0 Å². The van der Waals surface area contributed by atoms with Crippen molar-refractivity contribution in [3.63, 3.8) is 0 Å². The van der Waals surface area contributed by atoms with Crippen LogP contribution in [0.2, 0.25) is 0 Å². The van der Waals surface area contributed by atoms with E-state index in [9.17, 15) is 14.4 Å². The average Bonchev–Trinajstić information content (AvgIpc) is 3.51. The van der Waals surface area contributed by atoms with Crippen molar-refractivity contribution in [1.29, 1.82) is 0 Å². The van der Waals surface area contributed by atoms with Crippen molar-refractivity contribution in [3.8, 4) is 0 Å². The van der Waals surface area contributed by atoms with Gasteiger partial charge in [0.25, 0.3) is 17.7 Å². The first-order valence-corrected chi connectivity index (χ1v) is 12.1. The number of aromatic nitrogens is 2. The molecule has 2 aliphatic heterocycles. The Kier molecular flexibility index (Phi) is 5.60. The minimum absolute atomic E-state index is 0.0275. The number of carbonyl (C=O) groups excluding carboxylic acids is 3. The third-order valence-electron chi connectivity index (χ3n) is 6.01. The van der Waals surface area contributed by atoms with Crippen LogP contribution in [0.4, 0.5) is 17.3 Å². The molecule has 0 unspecified atom stereocenters. The van der Waals surface area contributed by atoms with Crippen LogP contribution in [0.1, 0.15) is 49.8 Å². The number of fused-ring (bicyclic) bond motifs is 2. The van der Waals surface area contributed by atoms with Gasteiger partial charge in [-0.3, -0.25) is 14.4 Å². The maximum atomic E-state index is 12.7. The van der Waals surface area contributed by atoms with Gasteiger partial charge < -0.3 is 20.4 Å². The Morgan fingerprint density at radius 2 is 1.91 bits per heavy atom. The van der Waals surface area contributed by atoms with Crippen LogP contribution in [0.15, 0.2) is 35.7 Å². The summed E-state index contributed by atoms with van der Waals surface area (Å²) in [4.78, 5) is 41.7. The zero-order chi connectivity index (χ0) is 24.0. The summed E-state index contributed by atoms with van der Waals surface area (Å²) in [5.41, 5.74) is 3.25. The monoisotopic (exact) mass is 478 g/mol. The highest BCUT2D eigenvalue weighted by molar-refractivity contribution is 7.12. The second-order valence-electron chi connectivity index (χ2n) is 8.86. The molecule has 3 amide bonds. The van der Waals surface area contributed by atoms with Crippen molar-refractivity contribution >= 4 is 46.4 Å². The van der Waals surface area contributed by atoms with E-state index in [1.165, 1.54) is 11.3 Å². The van der Waals surface area contributed by atoms with Crippen LogP contribution < -0.4 is 15.5 Å². The van der Waals surface area contributed by atoms with E-state index in [1.54, 1.807) is 16.3 Å². The van der Waals surface area contributed by atoms with E-state index >= 15 is 0 Å². The average molecular weight is 479 g/mol. The molecule has 0 radical (unpaired) electrons. The van der Waals surface area contributed by atoms with Crippen molar-refractivity contribution in [2.24, 2.45) is 0 Å². The number of likely N-dealkylation sites (N-methyl/N-ethyl adjacent to an activating group) is 1. The minimum Gasteiger partial charge on any atom is -0.349 e. The lowest BCUT2D eigenvalue weighted by molar-refractivity contribution is 0.0780. The van der Waals surface area contributed by atoms with Crippen molar-refractivity contribution in [2.45, 2.75) is 32.9 Å². The fourth-order valence-corrected chi connectivity index (χ4v) is 5.07. The highest BCUT2D eigenvalue weighted by atomic mass is 32.1. The first-order chi connectivity index (χ1) is 16.3. The maximum absolute atomic E-state index is 12.7. The standard InChI is InChI=1S/C24H26N6O3S/c1-14(2)25-23(32)19-11-16(13-34-19)22(31)26-20-12-21-29(8-9-30(21)27-20)17-4-5-18-15(10-17)6-7-28(3)24(18)33/h4-5,10-14H,6-9H2,1-3H3,(H,25,32)(H,26,27,31). The van der Waals surface area contributed by atoms with Gasteiger partial charge in [-0.1, -0.05) is 0 Å². The molecule has 0 aliphatic carbocycles. The van der Waals surface area contributed by atoms with Gasteiger partial charge in [0.2, 0.25) is 0 Å². The third-order valence-corrected chi connectivity index (χ3v) is 6.94. The maximum Gasteiger partial charge on any atom is 0.261 e. The number of amides is 3. The summed E-state index contributed by atoms with van der Waals surface area (Å²) in [5, 5.41) is 11.9. The molecule has 2 aromatic heterocycles. The summed E-state index contributed by atoms with van der Waals surface area (Å²) in [6.45, 7) is 5.96. The van der Waals surface area contributed by atoms with Gasteiger partial charge >= 0.3 is 0 Å². The van der Waals surface area contributed by atoms with E-state index in [0.717, 1.165) is 35.6 Å². The number of nitrogens with zero attached hydrogens (tertiary/aromatic N) is 4. The van der Waals surface area contributed by atoms with Gasteiger partial charge in [0.15, 0.2) is 5.82 Å². The number of carbonyl (C=O) groups is 3. The number of benzene rings is 1. The predicted octanol–water partition coefficient (Wildman–Crippen LogP) is 3.11. The summed E-state index contributed by atoms with van der Waals surface area (Å²) in [6, 6.07) is 9.41. The Morgan fingerprint density at radius 1 is 1.09 bits per heavy atom. The minimum atomic E-state index is -0.306. The first-order valence-electron chi connectivity index (χ1n) is 11.2. The second-order valence-corrected chi connectivity index (χ2v) is 9.77. The summed E-state index contributed by atoms with van der Waals surface area (Å²) in [6.07, 6.45) is 0.831. The van der Waals surface area contributed by atoms with Crippen LogP contribution >= 0.6 is 11.3 Å². The molecule has 0 bridgehead atoms. The predicted molar refractivity (Wildman–Crippen MR) is 131 cm³/mol. The molecule has 5 rings (SSSR count). The molecule has 0 saturated carbocycles. The molecule has 1 aromatic carbocycles. The summed E-state index contributed by atoms with van der Waals surface area (Å²) >= 11 is 1.24. The molecule has 176 valence electrons. The van der Waals surface area contributed by atoms with Crippen molar-refractivity contribution in [3.05, 3.63) is 57.3 Å². The molecule has 2 aliphatic rings. The molecule has 0 spiro atoms. The largest absolute Gasteiger partial charge is 0.349 e. The van der Waals surface area contributed by atoms with E-state index in [1.807, 2.05) is 43.8 Å². The van der Waals surface area contributed by atoms with Gasteiger partial charge in [-0.2, -0.15) is 5.10 Å². The van der Waals surface area contributed by atoms with Gasteiger partial charge in [-0.25, -0.2) is 4.68 Å². The SMILES string of the molecule is CC(C)NC(=O)c1cc(C(=O)Nc2cc3n(n2)CCN3c2ccc3c(c2)CCN(C)C3=O)cs1. The molecule has 0 atom stereocenters. The molecular weight excluding hydrogens is 452 g/mol. The van der Waals surface area contributed by atoms with Crippen molar-refractivity contribution in [2.75, 3.05) is 30.4 Å². The summed E-state index contributed by atoms with van der Waals surface area (Å²) < 4.78 is 1.86. The molecule has 4 heterocycles. The zero-order valence-electron chi connectivity index (χ0n) is 19.3. The van der Waals surface area contributed by atoms with Crippen LogP contribution in [0.3, 0.4) is 0 Å². The highest BCUT2D eigenvalue weighted by Gasteiger charge is 2.27. The number of hydrogen-bond acceptors (Lipinski definition) is 6. The van der Waals surface area contributed by atoms with Crippen LogP contribution in [0, 0.1) is 0 Å². The number of nitrogens with one attached hydrogen (secondary N) is 2. The van der Waals surface area contributed by atoms with E-state index < -0.39 is 0 Å². The van der Waals surface area contributed by atoms with E-state index in [-0.39, 0.29) is 23.8 Å². The van der Waals surface area contributed by atoms with E-state index in [2.05, 4.69) is 26.7 Å². The third kappa shape index (κ3) is 4.05. The Hall–Kier alpha value is -3.66. The second kappa shape index (κ2) is 8.60. The Labute approximate surface area is 201 Å². The number of rotatable bonds is 5. The molecule has 9 nitrogen and oxygen atoms in total. The van der Waals surface area contributed by atoms with Crippen molar-refractivity contribution < 1.29 is 14.4 Å². The van der Waals surface area contributed by atoms with Gasteiger partial charge in [0.1, 0.15) is 5.82 Å². The van der Waals surface area contributed by atoms with Crippen LogP contribution in [0.5, 0.6) is 0 Å². The molecule has 3 aromatic rings. The zero-order valence-corrected chi connectivity index (χ0v) is 20.1. The fraction of sp³-hybridized carbons (Fsp3) is 0.333. The van der Waals surface area contributed by atoms with E-state index in [0.29, 0.717) is 29.3 Å². The van der Waals surface area contributed by atoms with Gasteiger partial charge in [-0.15, -0.1) is 11.3 Å². The number of thiophene rings is 1. The molecule has 2 N–H and O–H groups in total. The highest BCUT2D eigenvalue weighted by Crippen LogP contribution is 2.34. The van der Waals surface area contributed by atoms with Gasteiger partial charge in [0, 0.05) is 48.9 Å². The molecule has 34 heavy (non-hydrogen) atoms. The number of hydrogen-bond donors (Lipinski definition) is 2. The normalized spacial score (nSPS) is 14.9. The quantitative estimate of drug-likeness (QED) is 0.587. The van der Waals surface area contributed by atoms with E-state index in [4.69, 9.17) is 0 Å². The lowest BCUT2D eigenvalue weighted by Crippen LogP contribution is -2.34. The first kappa shape index (κ1) is 22.1. The van der Waals surface area contributed by atoms with Gasteiger partial charge in [-0.05, 0) is 50.1 Å². The fourth-order valence-electron chi connectivity index (χ4n) is 4.28. The Bertz CT molecular complexity index is 1290. The lowest BCUT2D eigenvalue weighted by atomic mass is 9.98. The molecular formula is C24H26N6O3S. The topological polar surface area (TPSA) is 99.6 Å². The summed E-state index contributed by atoms with van der Waals surface area (Å²) in [7, 11) is 1.82. The van der Waals surface area contributed by atoms with Crippen LogP contribution in [0.25, 0.3) is 0 Å². The molecule has 10 heteroatoms. The van der Waals surface area contributed by atoms with Gasteiger partial charge in [0.05, 0.1) is 17.0 Å². The summed E-state index contributed by atoms with van der Waals surface area (Å²) in [5.74, 6) is 0.909. The van der Waals surface area contributed by atoms with Crippen LogP contribution in [-0.4, -0.2) is 58.6 Å². The Morgan fingerprint density at radius 3 is 2.71 bits per heavy atom. The lowest BCUT2D eigenvalue weighted by Gasteiger charge is -2.26. The smallest absolute Gasteiger partial charge is 0.261 e. The molecule has 0 fully saturated rings. The Balaban J connectivity index is 1.31.